The number of aromatic hydroxyl groups is 1. The number of nitrogens with one attached hydrogen (secondary N) is 2. The van der Waals surface area contributed by atoms with Gasteiger partial charge in [0.25, 0.3) is 0 Å². The van der Waals surface area contributed by atoms with Gasteiger partial charge in [0.05, 0.1) is 16.8 Å². The van der Waals surface area contributed by atoms with Gasteiger partial charge in [-0.3, -0.25) is 0 Å². The van der Waals surface area contributed by atoms with Crippen LogP contribution in [0.15, 0.2) is 41.7 Å². The quantitative estimate of drug-likeness (QED) is 0.485. The summed E-state index contributed by atoms with van der Waals surface area (Å²) in [6.07, 6.45) is 1.64. The molecule has 0 unspecified atom stereocenters. The van der Waals surface area contributed by atoms with Crippen LogP contribution in [0.25, 0.3) is 33.2 Å². The molecule has 0 amide bonds. The molecule has 4 rings (SSSR count). The third kappa shape index (κ3) is 1.57. The SMILES string of the molecule is Cc1cccc2c(-c3[nH]c4ncccc4c3N=O)c(O)[nH]c12. The zero-order chi connectivity index (χ0) is 15.3. The Kier molecular flexibility index (Phi) is 2.53. The maximum atomic E-state index is 11.3. The molecule has 3 aromatic heterocycles. The number of benzene rings is 1. The summed E-state index contributed by atoms with van der Waals surface area (Å²) in [6.45, 7) is 1.95. The number of fused-ring (bicyclic) bond motifs is 2. The molecular weight excluding hydrogens is 280 g/mol. The third-order valence-electron chi connectivity index (χ3n) is 3.91. The Morgan fingerprint density at radius 2 is 1.95 bits per heavy atom. The topological polar surface area (TPSA) is 94.1 Å². The summed E-state index contributed by atoms with van der Waals surface area (Å²) in [4.78, 5) is 21.6. The molecule has 0 fully saturated rings. The smallest absolute Gasteiger partial charge is 0.199 e. The summed E-state index contributed by atoms with van der Waals surface area (Å²) < 4.78 is 0. The highest BCUT2D eigenvalue weighted by atomic mass is 16.3. The van der Waals surface area contributed by atoms with Crippen molar-refractivity contribution in [1.82, 2.24) is 15.0 Å². The second kappa shape index (κ2) is 4.42. The monoisotopic (exact) mass is 292 g/mol. The Bertz CT molecular complexity index is 1030. The van der Waals surface area contributed by atoms with Gasteiger partial charge in [-0.15, -0.1) is 4.91 Å². The van der Waals surface area contributed by atoms with Crippen molar-refractivity contribution in [1.29, 1.82) is 0 Å². The number of hydrogen-bond donors (Lipinski definition) is 3. The number of rotatable bonds is 2. The fraction of sp³-hybridized carbons (Fsp3) is 0.0625. The molecule has 0 radical (unpaired) electrons. The molecule has 3 heterocycles. The summed E-state index contributed by atoms with van der Waals surface area (Å²) in [5.74, 6) is 0.000700. The van der Waals surface area contributed by atoms with Crippen molar-refractivity contribution < 1.29 is 5.11 Å². The van der Waals surface area contributed by atoms with E-state index in [0.29, 0.717) is 22.3 Å². The molecule has 22 heavy (non-hydrogen) atoms. The van der Waals surface area contributed by atoms with Crippen LogP contribution < -0.4 is 0 Å². The van der Waals surface area contributed by atoms with Crippen LogP contribution in [0.1, 0.15) is 5.56 Å². The van der Waals surface area contributed by atoms with Crippen molar-refractivity contribution in [3.63, 3.8) is 0 Å². The van der Waals surface area contributed by atoms with Gasteiger partial charge in [-0.2, -0.15) is 0 Å². The molecule has 108 valence electrons. The van der Waals surface area contributed by atoms with E-state index in [1.807, 2.05) is 25.1 Å². The van der Waals surface area contributed by atoms with Crippen LogP contribution in [-0.4, -0.2) is 20.1 Å². The average molecular weight is 292 g/mol. The highest BCUT2D eigenvalue weighted by Gasteiger charge is 2.21. The normalized spacial score (nSPS) is 11.3. The zero-order valence-electron chi connectivity index (χ0n) is 11.7. The van der Waals surface area contributed by atoms with E-state index in [1.54, 1.807) is 18.3 Å². The molecule has 0 atom stereocenters. The van der Waals surface area contributed by atoms with Gasteiger partial charge in [-0.05, 0) is 29.8 Å². The molecule has 0 aliphatic heterocycles. The van der Waals surface area contributed by atoms with Gasteiger partial charge in [0.15, 0.2) is 5.88 Å². The molecule has 4 aromatic rings. The van der Waals surface area contributed by atoms with E-state index in [9.17, 15) is 10.0 Å². The largest absolute Gasteiger partial charge is 0.494 e. The molecule has 6 nitrogen and oxygen atoms in total. The minimum absolute atomic E-state index is 0.000700. The van der Waals surface area contributed by atoms with Crippen LogP contribution in [0.5, 0.6) is 5.88 Å². The van der Waals surface area contributed by atoms with Crippen molar-refractivity contribution in [3.05, 3.63) is 47.0 Å². The lowest BCUT2D eigenvalue weighted by Gasteiger charge is -1.99. The Labute approximate surface area is 124 Å². The number of aromatic nitrogens is 3. The fourth-order valence-electron chi connectivity index (χ4n) is 2.89. The van der Waals surface area contributed by atoms with Crippen LogP contribution in [0.2, 0.25) is 0 Å². The first-order valence-corrected chi connectivity index (χ1v) is 6.81. The lowest BCUT2D eigenvalue weighted by atomic mass is 10.1. The summed E-state index contributed by atoms with van der Waals surface area (Å²) in [5, 5.41) is 14.9. The lowest BCUT2D eigenvalue weighted by molar-refractivity contribution is 0.460. The second-order valence-corrected chi connectivity index (χ2v) is 5.19. The van der Waals surface area contributed by atoms with Crippen molar-refractivity contribution in [2.24, 2.45) is 5.18 Å². The van der Waals surface area contributed by atoms with Crippen molar-refractivity contribution in [2.75, 3.05) is 0 Å². The molecular formula is C16H12N4O2. The minimum atomic E-state index is 0.000700. The van der Waals surface area contributed by atoms with E-state index in [0.717, 1.165) is 16.5 Å². The van der Waals surface area contributed by atoms with Crippen LogP contribution in [0, 0.1) is 11.8 Å². The highest BCUT2D eigenvalue weighted by molar-refractivity contribution is 6.07. The molecule has 0 saturated carbocycles. The molecule has 6 heteroatoms. The number of nitrogens with zero attached hydrogens (tertiary/aromatic N) is 2. The first-order chi connectivity index (χ1) is 10.7. The molecule has 0 saturated heterocycles. The van der Waals surface area contributed by atoms with Crippen LogP contribution >= 0.6 is 0 Å². The van der Waals surface area contributed by atoms with E-state index in [4.69, 9.17) is 0 Å². The van der Waals surface area contributed by atoms with Crippen LogP contribution in [0.4, 0.5) is 5.69 Å². The van der Waals surface area contributed by atoms with E-state index in [-0.39, 0.29) is 11.6 Å². The average Bonchev–Trinajstić information content (AvgIpc) is 3.04. The first-order valence-electron chi connectivity index (χ1n) is 6.81. The van der Waals surface area contributed by atoms with Gasteiger partial charge in [0.2, 0.25) is 0 Å². The van der Waals surface area contributed by atoms with Gasteiger partial charge in [-0.1, -0.05) is 18.2 Å². The molecule has 0 bridgehead atoms. The van der Waals surface area contributed by atoms with Crippen LogP contribution in [0.3, 0.4) is 0 Å². The molecule has 1 aromatic carbocycles. The molecule has 3 N–H and O–H groups in total. The number of aryl methyl sites for hydroxylation is 1. The van der Waals surface area contributed by atoms with Crippen LogP contribution in [-0.2, 0) is 0 Å². The van der Waals surface area contributed by atoms with E-state index >= 15 is 0 Å². The van der Waals surface area contributed by atoms with Gasteiger partial charge < -0.3 is 15.1 Å². The first kappa shape index (κ1) is 12.6. The molecule has 0 spiro atoms. The number of para-hydroxylation sites is 1. The predicted molar refractivity (Wildman–Crippen MR) is 85.2 cm³/mol. The summed E-state index contributed by atoms with van der Waals surface area (Å²) in [6, 6.07) is 9.27. The van der Waals surface area contributed by atoms with E-state index in [2.05, 4.69) is 20.1 Å². The Morgan fingerprint density at radius 3 is 2.77 bits per heavy atom. The maximum Gasteiger partial charge on any atom is 0.199 e. The predicted octanol–water partition coefficient (Wildman–Crippen LogP) is 4.12. The Balaban J connectivity index is 2.14. The van der Waals surface area contributed by atoms with Crippen molar-refractivity contribution in [3.8, 4) is 17.1 Å². The Morgan fingerprint density at radius 1 is 1.14 bits per heavy atom. The van der Waals surface area contributed by atoms with E-state index < -0.39 is 0 Å². The van der Waals surface area contributed by atoms with Gasteiger partial charge in [0.1, 0.15) is 11.3 Å². The standard InChI is InChI=1S/C16H12N4O2/c1-8-4-2-5-9-11(16(21)19-12(8)9)14-13(20-22)10-6-3-7-17-15(10)18-14/h2-7,19,21H,1H3,(H,17,18). The summed E-state index contributed by atoms with van der Waals surface area (Å²) in [5.41, 5.74) is 3.66. The fourth-order valence-corrected chi connectivity index (χ4v) is 2.89. The number of aromatic amines is 2. The molecule has 0 aliphatic rings. The number of nitroso groups, excluding NO2 is 1. The van der Waals surface area contributed by atoms with Crippen molar-refractivity contribution in [2.45, 2.75) is 6.92 Å². The van der Waals surface area contributed by atoms with Gasteiger partial charge in [0, 0.05) is 17.0 Å². The van der Waals surface area contributed by atoms with Gasteiger partial charge in [-0.25, -0.2) is 4.98 Å². The summed E-state index contributed by atoms with van der Waals surface area (Å²) >= 11 is 0. The lowest BCUT2D eigenvalue weighted by Crippen LogP contribution is -1.78. The minimum Gasteiger partial charge on any atom is -0.494 e. The maximum absolute atomic E-state index is 11.3. The Hall–Kier alpha value is -3.15. The highest BCUT2D eigenvalue weighted by Crippen LogP contribution is 2.44. The second-order valence-electron chi connectivity index (χ2n) is 5.19. The van der Waals surface area contributed by atoms with E-state index in [1.165, 1.54) is 0 Å². The zero-order valence-corrected chi connectivity index (χ0v) is 11.7. The third-order valence-corrected chi connectivity index (χ3v) is 3.91. The number of hydrogen-bond acceptors (Lipinski definition) is 4. The number of H-pyrrole nitrogens is 2. The van der Waals surface area contributed by atoms with Gasteiger partial charge >= 0.3 is 0 Å². The molecule has 0 aliphatic carbocycles. The number of pyridine rings is 1. The summed E-state index contributed by atoms with van der Waals surface area (Å²) in [7, 11) is 0. The van der Waals surface area contributed by atoms with Crippen molar-refractivity contribution >= 4 is 27.6 Å².